The van der Waals surface area contributed by atoms with Crippen molar-refractivity contribution < 1.29 is 56.4 Å². The number of fused-ring (bicyclic) bond motifs is 1. The number of hydrogen-bond acceptors (Lipinski definition) is 16. The summed E-state index contributed by atoms with van der Waals surface area (Å²) in [6.07, 6.45) is 2.93. The number of hydrogen-bond donors (Lipinski definition) is 5. The standard InChI is InChI=1S/C43H51F2N9O10/c1-43(2,34(45)25-50-39(56)29-24-48-35(21-32(29)51-27-6-7-27)52-38-30(44)20-26(22-46)23-49-38)64-19-18-63-17-16-62-15-14-61-13-12-60-11-10-47-31-5-3-4-28-37(31)42(59)54(41(28)58)33-8-9-36(55)53-40(33)57/h3-5,20-21,23-24,27,33-34,47H,6-19,25H2,1-2H3,(H,50,56)(H,53,55,57)(H2,48,49,51,52). The summed E-state index contributed by atoms with van der Waals surface area (Å²) in [5, 5.41) is 22.9. The highest BCUT2D eigenvalue weighted by molar-refractivity contribution is 6.25. The van der Waals surface area contributed by atoms with Gasteiger partial charge in [-0.1, -0.05) is 6.07 Å². The maximum absolute atomic E-state index is 15.3. The average molecular weight is 892 g/mol. The molecule has 6 rings (SSSR count). The third-order valence-electron chi connectivity index (χ3n) is 10.3. The van der Waals surface area contributed by atoms with Gasteiger partial charge in [0.1, 0.15) is 24.1 Å². The molecule has 19 nitrogen and oxygen atoms in total. The number of amides is 5. The summed E-state index contributed by atoms with van der Waals surface area (Å²) in [5.41, 5.74) is 0.277. The van der Waals surface area contributed by atoms with Crippen LogP contribution in [0.15, 0.2) is 42.7 Å². The van der Waals surface area contributed by atoms with Crippen molar-refractivity contribution in [1.82, 2.24) is 25.5 Å². The summed E-state index contributed by atoms with van der Waals surface area (Å²) in [6, 6.07) is 8.39. The van der Waals surface area contributed by atoms with Crippen molar-refractivity contribution in [2.45, 2.75) is 63.4 Å². The smallest absolute Gasteiger partial charge is 0.264 e. The summed E-state index contributed by atoms with van der Waals surface area (Å²) in [5.74, 6) is -3.46. The van der Waals surface area contributed by atoms with E-state index in [4.69, 9.17) is 28.9 Å². The number of nitriles is 1. The van der Waals surface area contributed by atoms with Crippen molar-refractivity contribution in [1.29, 1.82) is 5.26 Å². The molecule has 2 fully saturated rings. The second-order valence-corrected chi connectivity index (χ2v) is 15.5. The van der Waals surface area contributed by atoms with Gasteiger partial charge in [-0.2, -0.15) is 5.26 Å². The molecule has 3 aliphatic rings. The van der Waals surface area contributed by atoms with Crippen molar-refractivity contribution in [3.05, 3.63) is 70.8 Å². The van der Waals surface area contributed by atoms with Gasteiger partial charge in [0.2, 0.25) is 11.8 Å². The monoisotopic (exact) mass is 891 g/mol. The molecule has 64 heavy (non-hydrogen) atoms. The van der Waals surface area contributed by atoms with Crippen LogP contribution in [0.3, 0.4) is 0 Å². The van der Waals surface area contributed by atoms with E-state index >= 15 is 4.39 Å². The van der Waals surface area contributed by atoms with Gasteiger partial charge in [-0.3, -0.25) is 34.2 Å². The molecule has 2 aliphatic heterocycles. The normalized spacial score (nSPS) is 16.5. The largest absolute Gasteiger partial charge is 0.382 e. The highest BCUT2D eigenvalue weighted by Crippen LogP contribution is 2.33. The van der Waals surface area contributed by atoms with Gasteiger partial charge in [0, 0.05) is 43.2 Å². The molecule has 0 bridgehead atoms. The first-order valence-corrected chi connectivity index (χ1v) is 20.9. The van der Waals surface area contributed by atoms with Crippen LogP contribution in [0.5, 0.6) is 0 Å². The Labute approximate surface area is 367 Å². The van der Waals surface area contributed by atoms with Gasteiger partial charge in [0.25, 0.3) is 17.7 Å². The fourth-order valence-corrected chi connectivity index (χ4v) is 6.64. The molecule has 5 amide bonds. The Morgan fingerprint density at radius 1 is 0.922 bits per heavy atom. The van der Waals surface area contributed by atoms with Crippen LogP contribution in [-0.2, 0) is 33.3 Å². The second-order valence-electron chi connectivity index (χ2n) is 15.5. The summed E-state index contributed by atoms with van der Waals surface area (Å²) < 4.78 is 57.6. The van der Waals surface area contributed by atoms with Gasteiger partial charge in [-0.25, -0.2) is 18.7 Å². The number of piperidine rings is 1. The minimum absolute atomic E-state index is 0.0428. The van der Waals surface area contributed by atoms with E-state index in [0.29, 0.717) is 57.6 Å². The maximum atomic E-state index is 15.3. The number of aromatic nitrogens is 2. The molecule has 2 atom stereocenters. The van der Waals surface area contributed by atoms with Crippen LogP contribution in [-0.4, -0.2) is 141 Å². The molecule has 1 aromatic carbocycles. The number of imide groups is 2. The number of nitrogens with zero attached hydrogens (tertiary/aromatic N) is 4. The summed E-state index contributed by atoms with van der Waals surface area (Å²) in [7, 11) is 0. The van der Waals surface area contributed by atoms with E-state index in [1.807, 2.05) is 6.07 Å². The molecule has 2 aromatic heterocycles. The highest BCUT2D eigenvalue weighted by atomic mass is 19.1. The van der Waals surface area contributed by atoms with Crippen molar-refractivity contribution in [2.75, 3.05) is 88.5 Å². The molecule has 0 radical (unpaired) electrons. The summed E-state index contributed by atoms with van der Waals surface area (Å²) >= 11 is 0. The number of alkyl halides is 1. The van der Waals surface area contributed by atoms with Crippen LogP contribution in [0.2, 0.25) is 0 Å². The number of carbonyl (C=O) groups excluding carboxylic acids is 5. The van der Waals surface area contributed by atoms with E-state index in [1.54, 1.807) is 32.0 Å². The average Bonchev–Trinajstić information content (AvgIpc) is 4.06. The highest BCUT2D eigenvalue weighted by Gasteiger charge is 2.45. The lowest BCUT2D eigenvalue weighted by atomic mass is 10.0. The van der Waals surface area contributed by atoms with E-state index in [2.05, 4.69) is 36.6 Å². The number of halogens is 2. The molecule has 0 spiro atoms. The Morgan fingerprint density at radius 3 is 2.27 bits per heavy atom. The number of ether oxygens (including phenoxy) is 5. The first kappa shape index (κ1) is 47.3. The number of pyridine rings is 2. The molecule has 4 heterocycles. The predicted octanol–water partition coefficient (Wildman–Crippen LogP) is 3.25. The molecular formula is C43H51F2N9O10. The van der Waals surface area contributed by atoms with E-state index < -0.39 is 53.2 Å². The third-order valence-corrected chi connectivity index (χ3v) is 10.3. The first-order valence-electron chi connectivity index (χ1n) is 20.9. The third kappa shape index (κ3) is 12.7. The zero-order valence-corrected chi connectivity index (χ0v) is 35.5. The lowest BCUT2D eigenvalue weighted by Gasteiger charge is -2.29. The molecule has 3 aromatic rings. The molecule has 1 saturated carbocycles. The van der Waals surface area contributed by atoms with E-state index in [0.717, 1.165) is 23.8 Å². The summed E-state index contributed by atoms with van der Waals surface area (Å²) in [4.78, 5) is 72.3. The molecule has 1 aliphatic carbocycles. The number of rotatable bonds is 26. The van der Waals surface area contributed by atoms with Crippen LogP contribution in [0, 0.1) is 17.1 Å². The fourth-order valence-electron chi connectivity index (χ4n) is 6.64. The molecule has 2 unspecified atom stereocenters. The van der Waals surface area contributed by atoms with Gasteiger partial charge in [0.05, 0.1) is 99.5 Å². The van der Waals surface area contributed by atoms with Gasteiger partial charge in [-0.05, 0) is 51.3 Å². The van der Waals surface area contributed by atoms with Crippen LogP contribution < -0.4 is 26.6 Å². The number of benzene rings is 1. The van der Waals surface area contributed by atoms with Crippen LogP contribution in [0.1, 0.15) is 76.2 Å². The van der Waals surface area contributed by atoms with Gasteiger partial charge in [-0.15, -0.1) is 0 Å². The number of carbonyl (C=O) groups is 5. The van der Waals surface area contributed by atoms with E-state index in [1.165, 1.54) is 18.5 Å². The predicted molar refractivity (Wildman–Crippen MR) is 225 cm³/mol. The molecule has 21 heteroatoms. The Hall–Kier alpha value is -6.18. The van der Waals surface area contributed by atoms with Crippen LogP contribution >= 0.6 is 0 Å². The van der Waals surface area contributed by atoms with Gasteiger partial charge < -0.3 is 45.0 Å². The van der Waals surface area contributed by atoms with Crippen LogP contribution in [0.4, 0.5) is 31.8 Å². The summed E-state index contributed by atoms with van der Waals surface area (Å²) in [6.45, 7) is 5.67. The Kier molecular flexibility index (Phi) is 16.6. The zero-order chi connectivity index (χ0) is 45.6. The maximum Gasteiger partial charge on any atom is 0.264 e. The Bertz CT molecular complexity index is 2220. The van der Waals surface area contributed by atoms with Gasteiger partial charge in [0.15, 0.2) is 11.6 Å². The minimum atomic E-state index is -1.56. The van der Waals surface area contributed by atoms with Crippen molar-refractivity contribution in [3.8, 4) is 6.07 Å². The minimum Gasteiger partial charge on any atom is -0.382 e. The molecule has 1 saturated heterocycles. The fraction of sp³-hybridized carbons (Fsp3) is 0.488. The topological polar surface area (TPSA) is 244 Å². The van der Waals surface area contributed by atoms with E-state index in [-0.39, 0.29) is 79.1 Å². The lowest BCUT2D eigenvalue weighted by Crippen LogP contribution is -2.54. The van der Waals surface area contributed by atoms with Crippen molar-refractivity contribution in [2.24, 2.45) is 0 Å². The number of nitrogens with one attached hydrogen (secondary N) is 5. The van der Waals surface area contributed by atoms with Crippen LogP contribution in [0.25, 0.3) is 0 Å². The Balaban J connectivity index is 0.781. The van der Waals surface area contributed by atoms with Crippen molar-refractivity contribution in [3.63, 3.8) is 0 Å². The molecule has 5 N–H and O–H groups in total. The first-order chi connectivity index (χ1) is 30.9. The zero-order valence-electron chi connectivity index (χ0n) is 35.5. The Morgan fingerprint density at radius 2 is 1.61 bits per heavy atom. The SMILES string of the molecule is CC(C)(OCCOCCOCCOCCOCCNc1cccc2c1C(=O)N(C1CCC(=O)NC1=O)C2=O)C(F)CNC(=O)c1cnc(Nc2ncc(C#N)cc2F)cc1NC1CC1. The molecular weight excluding hydrogens is 841 g/mol. The second kappa shape index (κ2) is 22.4. The quantitative estimate of drug-likeness (QED) is 0.0574. The van der Waals surface area contributed by atoms with Crippen molar-refractivity contribution >= 4 is 52.5 Å². The lowest BCUT2D eigenvalue weighted by molar-refractivity contribution is -0.136. The van der Waals surface area contributed by atoms with E-state index in [9.17, 15) is 28.4 Å². The van der Waals surface area contributed by atoms with Gasteiger partial charge >= 0.3 is 0 Å². The molecule has 342 valence electrons. The number of anilines is 4.